The highest BCUT2D eigenvalue weighted by Crippen LogP contribution is 2.25. The van der Waals surface area contributed by atoms with E-state index in [1.807, 2.05) is 0 Å². The first-order chi connectivity index (χ1) is 5.83. The fourth-order valence-electron chi connectivity index (χ4n) is 0.671. The second-order valence-corrected chi connectivity index (χ2v) is 19.4. The molecule has 13 heavy (non-hydrogen) atoms. The molecule has 0 aromatic heterocycles. The molecule has 5 heteroatoms. The Bertz CT molecular complexity index is 199. The average Bonchev–Trinajstić information content (AvgIpc) is 1.95. The van der Waals surface area contributed by atoms with Crippen molar-refractivity contribution >= 4 is 41.9 Å². The van der Waals surface area contributed by atoms with Gasteiger partial charge < -0.3 is 4.74 Å². The zero-order valence-corrected chi connectivity index (χ0v) is 12.1. The first-order valence-corrected chi connectivity index (χ1v) is 11.3. The van der Waals surface area contributed by atoms with E-state index in [4.69, 9.17) is 4.74 Å². The summed E-state index contributed by atoms with van der Waals surface area (Å²) in [5, 5.41) is -1.35. The predicted molar refractivity (Wildman–Crippen MR) is 64.7 cm³/mol. The first kappa shape index (κ1) is 13.4. The molecule has 0 aliphatic heterocycles. The fourth-order valence-corrected chi connectivity index (χ4v) is 3.12. The average molecular weight is 330 g/mol. The molecule has 0 aliphatic carbocycles. The van der Waals surface area contributed by atoms with Gasteiger partial charge >= 0.3 is 5.97 Å². The van der Waals surface area contributed by atoms with Gasteiger partial charge in [0.1, 0.15) is 0 Å². The van der Waals surface area contributed by atoms with Gasteiger partial charge in [-0.25, -0.2) is 4.79 Å². The Morgan fingerprint density at radius 3 is 2.46 bits per heavy atom. The van der Waals surface area contributed by atoms with E-state index in [-0.39, 0.29) is 5.97 Å². The summed E-state index contributed by atoms with van der Waals surface area (Å²) in [6.45, 7) is 7.77. The summed E-state index contributed by atoms with van der Waals surface area (Å²) in [5.41, 5.74) is 0.456. The van der Waals surface area contributed by atoms with Gasteiger partial charge in [-0.05, 0) is 19.4 Å². The van der Waals surface area contributed by atoms with Crippen LogP contribution >= 0.6 is 30.6 Å². The number of rotatable bonds is 5. The minimum atomic E-state index is -1.35. The summed E-state index contributed by atoms with van der Waals surface area (Å²) < 4.78 is 4.94. The van der Waals surface area contributed by atoms with Crippen LogP contribution in [0.1, 0.15) is 13.3 Å². The number of esters is 1. The van der Waals surface area contributed by atoms with Crippen molar-refractivity contribution in [2.75, 3.05) is 6.61 Å². The largest absolute Gasteiger partial charge is 0.462 e. The van der Waals surface area contributed by atoms with Crippen LogP contribution in [0.4, 0.5) is 0 Å². The summed E-state index contributed by atoms with van der Waals surface area (Å²) in [6.07, 6.45) is 0.887. The minimum absolute atomic E-state index is 0.299. The lowest BCUT2D eigenvalue weighted by Gasteiger charge is -2.10. The van der Waals surface area contributed by atoms with E-state index >= 15 is 0 Å². The number of halogens is 2. The molecule has 76 valence electrons. The number of ether oxygens (including phenoxy) is 1. The van der Waals surface area contributed by atoms with Crippen LogP contribution in [-0.2, 0) is 9.53 Å². The first-order valence-electron chi connectivity index (χ1n) is 4.03. The maximum Gasteiger partial charge on any atom is 0.333 e. The smallest absolute Gasteiger partial charge is 0.333 e. The molecule has 0 spiro atoms. The van der Waals surface area contributed by atoms with Crippen LogP contribution in [0.25, 0.3) is 0 Å². The number of hydrogen-bond acceptors (Lipinski definition) is 2. The third-order valence-corrected chi connectivity index (χ3v) is 4.95. The van der Waals surface area contributed by atoms with Crippen LogP contribution in [0, 0.1) is 0 Å². The van der Waals surface area contributed by atoms with Crippen molar-refractivity contribution in [3.05, 3.63) is 12.2 Å². The molecular weight excluding hydrogens is 316 g/mol. The minimum Gasteiger partial charge on any atom is -0.462 e. The van der Waals surface area contributed by atoms with Gasteiger partial charge in [0.2, 0.25) is 0 Å². The quantitative estimate of drug-likeness (QED) is 0.254. The van der Waals surface area contributed by atoms with Gasteiger partial charge in [-0.2, -0.15) is 0 Å². The monoisotopic (exact) mass is 328 g/mol. The van der Waals surface area contributed by atoms with E-state index in [0.717, 1.165) is 12.5 Å². The molecule has 0 rings (SSSR count). The van der Waals surface area contributed by atoms with Gasteiger partial charge in [0.25, 0.3) is 0 Å². The molecular formula is C8H14Br2O2Si. The summed E-state index contributed by atoms with van der Waals surface area (Å²) in [6, 6.07) is 1.04. The summed E-state index contributed by atoms with van der Waals surface area (Å²) in [7, 11) is 0. The predicted octanol–water partition coefficient (Wildman–Crippen LogP) is 3.36. The fraction of sp³-hybridized carbons (Fsp3) is 0.625. The molecule has 0 aliphatic rings. The van der Waals surface area contributed by atoms with Crippen molar-refractivity contribution in [2.45, 2.75) is 25.9 Å². The zero-order chi connectivity index (χ0) is 10.5. The van der Waals surface area contributed by atoms with Crippen molar-refractivity contribution < 1.29 is 9.53 Å². The van der Waals surface area contributed by atoms with E-state index in [0.29, 0.717) is 12.2 Å². The Morgan fingerprint density at radius 1 is 1.54 bits per heavy atom. The van der Waals surface area contributed by atoms with Crippen molar-refractivity contribution in [1.82, 2.24) is 0 Å². The van der Waals surface area contributed by atoms with Gasteiger partial charge in [-0.3, -0.25) is 0 Å². The molecule has 0 unspecified atom stereocenters. The SMILES string of the molecule is C=C(C)C(=O)OCCC[Si](C)(Br)Br. The zero-order valence-electron chi connectivity index (χ0n) is 7.90. The highest BCUT2D eigenvalue weighted by Gasteiger charge is 2.18. The maximum atomic E-state index is 10.9. The van der Waals surface area contributed by atoms with Gasteiger partial charge in [-0.1, -0.05) is 13.1 Å². The lowest BCUT2D eigenvalue weighted by molar-refractivity contribution is -0.138. The molecule has 0 aromatic rings. The van der Waals surface area contributed by atoms with Crippen LogP contribution < -0.4 is 0 Å². The second-order valence-electron chi connectivity index (χ2n) is 3.09. The molecule has 2 nitrogen and oxygen atoms in total. The van der Waals surface area contributed by atoms with Crippen LogP contribution in [0.15, 0.2) is 12.2 Å². The Hall–Kier alpha value is 0.387. The Labute approximate surface area is 95.9 Å². The van der Waals surface area contributed by atoms with Gasteiger partial charge in [-0.15, -0.1) is 30.6 Å². The summed E-state index contributed by atoms with van der Waals surface area (Å²) in [4.78, 5) is 10.9. The Morgan fingerprint density at radius 2 is 2.08 bits per heavy atom. The molecule has 0 radical (unpaired) electrons. The van der Waals surface area contributed by atoms with Crippen LogP contribution in [-0.4, -0.2) is 17.9 Å². The lowest BCUT2D eigenvalue weighted by atomic mass is 10.4. The van der Waals surface area contributed by atoms with Crippen molar-refractivity contribution in [3.63, 3.8) is 0 Å². The topological polar surface area (TPSA) is 26.3 Å². The molecule has 0 bridgehead atoms. The Kier molecular flexibility index (Phi) is 6.16. The van der Waals surface area contributed by atoms with Gasteiger partial charge in [0.05, 0.1) is 6.61 Å². The number of carbonyl (C=O) groups is 1. The molecule has 0 fully saturated rings. The third-order valence-electron chi connectivity index (χ3n) is 1.34. The van der Waals surface area contributed by atoms with E-state index < -0.39 is 5.31 Å². The van der Waals surface area contributed by atoms with Crippen LogP contribution in [0.5, 0.6) is 0 Å². The highest BCUT2D eigenvalue weighted by molar-refractivity contribution is 9.51. The highest BCUT2D eigenvalue weighted by atomic mass is 79.9. The van der Waals surface area contributed by atoms with Crippen molar-refractivity contribution in [3.8, 4) is 0 Å². The van der Waals surface area contributed by atoms with Crippen molar-refractivity contribution in [2.24, 2.45) is 0 Å². The van der Waals surface area contributed by atoms with E-state index in [1.54, 1.807) is 6.92 Å². The molecule has 0 N–H and O–H groups in total. The normalized spacial score (nSPS) is 11.1. The van der Waals surface area contributed by atoms with E-state index in [2.05, 4.69) is 43.7 Å². The van der Waals surface area contributed by atoms with Crippen LogP contribution in [0.2, 0.25) is 12.6 Å². The molecule has 0 atom stereocenters. The van der Waals surface area contributed by atoms with Crippen LogP contribution in [0.3, 0.4) is 0 Å². The number of carbonyl (C=O) groups excluding carboxylic acids is 1. The molecule has 0 saturated heterocycles. The van der Waals surface area contributed by atoms with Crippen molar-refractivity contribution in [1.29, 1.82) is 0 Å². The Balaban J connectivity index is 3.47. The standard InChI is InChI=1S/C8H14Br2O2Si/c1-7(2)8(11)12-5-4-6-13(3,9)10/h1,4-6H2,2-3H3. The molecule has 0 amide bonds. The third kappa shape index (κ3) is 8.71. The number of hydrogen-bond donors (Lipinski definition) is 0. The summed E-state index contributed by atoms with van der Waals surface area (Å²) in [5.74, 6) is -0.299. The maximum absolute atomic E-state index is 10.9. The molecule has 0 heterocycles. The van der Waals surface area contributed by atoms with Gasteiger partial charge in [0.15, 0.2) is 5.31 Å². The van der Waals surface area contributed by atoms with E-state index in [9.17, 15) is 4.79 Å². The summed E-state index contributed by atoms with van der Waals surface area (Å²) >= 11 is 7.14. The van der Waals surface area contributed by atoms with E-state index in [1.165, 1.54) is 0 Å². The van der Waals surface area contributed by atoms with Gasteiger partial charge in [0, 0.05) is 5.57 Å². The second kappa shape index (κ2) is 5.98. The molecule has 0 saturated carbocycles. The molecule has 0 aromatic carbocycles. The lowest BCUT2D eigenvalue weighted by Crippen LogP contribution is -2.13.